The zero-order chi connectivity index (χ0) is 11.2. The molecule has 2 bridgehead atoms. The van der Waals surface area contributed by atoms with Crippen LogP contribution in [0, 0.1) is 17.3 Å². The van der Waals surface area contributed by atoms with Crippen molar-refractivity contribution in [1.29, 1.82) is 0 Å². The first-order valence-electron chi connectivity index (χ1n) is 6.65. The molecule has 0 spiro atoms. The van der Waals surface area contributed by atoms with E-state index < -0.39 is 0 Å². The van der Waals surface area contributed by atoms with Crippen LogP contribution in [0.15, 0.2) is 0 Å². The van der Waals surface area contributed by atoms with E-state index in [1.165, 1.54) is 25.8 Å². The molecule has 0 aromatic carbocycles. The van der Waals surface area contributed by atoms with Gasteiger partial charge in [0.05, 0.1) is 0 Å². The molecular weight excluding hydrogens is 182 g/mol. The Labute approximate surface area is 95.2 Å². The molecule has 2 heterocycles. The van der Waals surface area contributed by atoms with Crippen LogP contribution in [0.5, 0.6) is 0 Å². The zero-order valence-electron chi connectivity index (χ0n) is 11.1. The van der Waals surface area contributed by atoms with Gasteiger partial charge in [-0.15, -0.1) is 0 Å². The van der Waals surface area contributed by atoms with Crippen molar-refractivity contribution in [3.8, 4) is 0 Å². The number of fused-ring (bicyclic) bond motifs is 3. The van der Waals surface area contributed by atoms with Crippen LogP contribution in [0.1, 0.15) is 53.9 Å². The molecule has 1 nitrogen and oxygen atoms in total. The molecule has 3 fully saturated rings. The highest BCUT2D eigenvalue weighted by atomic mass is 15.2. The summed E-state index contributed by atoms with van der Waals surface area (Å²) in [4.78, 5) is 2.75. The number of rotatable bonds is 1. The van der Waals surface area contributed by atoms with Crippen molar-refractivity contribution in [3.63, 3.8) is 0 Å². The summed E-state index contributed by atoms with van der Waals surface area (Å²) in [5.41, 5.74) is 0.520. The van der Waals surface area contributed by atoms with Gasteiger partial charge < -0.3 is 0 Å². The molecule has 3 rings (SSSR count). The maximum atomic E-state index is 2.75. The third-order valence-corrected chi connectivity index (χ3v) is 4.66. The maximum Gasteiger partial charge on any atom is 0.0101 e. The molecule has 0 N–H and O–H groups in total. The van der Waals surface area contributed by atoms with Crippen LogP contribution >= 0.6 is 0 Å². The Balaban J connectivity index is 2.09. The molecule has 15 heavy (non-hydrogen) atoms. The summed E-state index contributed by atoms with van der Waals surface area (Å²) in [7, 11) is 0. The highest BCUT2D eigenvalue weighted by Crippen LogP contribution is 2.47. The van der Waals surface area contributed by atoms with E-state index >= 15 is 0 Å². The van der Waals surface area contributed by atoms with Crippen LogP contribution < -0.4 is 0 Å². The fourth-order valence-electron chi connectivity index (χ4n) is 3.84. The third kappa shape index (κ3) is 2.08. The minimum atomic E-state index is 0.520. The first-order chi connectivity index (χ1) is 6.89. The SMILES string of the molecule is CC(C)N1C[C@H]2CC[C@@H]1CC2C(C)(C)C. The first-order valence-corrected chi connectivity index (χ1v) is 6.65. The van der Waals surface area contributed by atoms with Gasteiger partial charge in [0.25, 0.3) is 0 Å². The Bertz CT molecular complexity index is 226. The van der Waals surface area contributed by atoms with Crippen LogP contribution in [0.25, 0.3) is 0 Å². The highest BCUT2D eigenvalue weighted by molar-refractivity contribution is 4.97. The second kappa shape index (κ2) is 3.76. The molecule has 88 valence electrons. The molecule has 3 atom stereocenters. The van der Waals surface area contributed by atoms with Gasteiger partial charge in [-0.3, -0.25) is 4.90 Å². The van der Waals surface area contributed by atoms with E-state index in [-0.39, 0.29) is 0 Å². The summed E-state index contributed by atoms with van der Waals surface area (Å²) in [6.07, 6.45) is 4.39. The van der Waals surface area contributed by atoms with Gasteiger partial charge in [-0.2, -0.15) is 0 Å². The topological polar surface area (TPSA) is 3.24 Å². The standard InChI is InChI=1S/C14H27N/c1-10(2)15-9-11-6-7-12(15)8-13(11)14(3,4)5/h10-13H,6-9H2,1-5H3/t11-,12-,13?/m1/s1. The van der Waals surface area contributed by atoms with E-state index in [4.69, 9.17) is 0 Å². The lowest BCUT2D eigenvalue weighted by Gasteiger charge is -2.54. The molecule has 0 aromatic rings. The van der Waals surface area contributed by atoms with Crippen LogP contribution in [-0.4, -0.2) is 23.5 Å². The van der Waals surface area contributed by atoms with Crippen LogP contribution in [-0.2, 0) is 0 Å². The van der Waals surface area contributed by atoms with Crippen molar-refractivity contribution in [3.05, 3.63) is 0 Å². The van der Waals surface area contributed by atoms with Crippen molar-refractivity contribution < 1.29 is 0 Å². The van der Waals surface area contributed by atoms with Crippen molar-refractivity contribution in [1.82, 2.24) is 4.90 Å². The lowest BCUT2D eigenvalue weighted by molar-refractivity contribution is -0.0506. The average molecular weight is 209 g/mol. The third-order valence-electron chi connectivity index (χ3n) is 4.66. The van der Waals surface area contributed by atoms with Gasteiger partial charge >= 0.3 is 0 Å². The first kappa shape index (κ1) is 11.4. The zero-order valence-corrected chi connectivity index (χ0v) is 11.1. The molecule has 3 aliphatic rings. The number of piperidine rings is 2. The Morgan fingerprint density at radius 2 is 1.80 bits per heavy atom. The fourth-order valence-corrected chi connectivity index (χ4v) is 3.84. The van der Waals surface area contributed by atoms with Crippen molar-refractivity contribution in [2.45, 2.75) is 66.0 Å². The average Bonchev–Trinajstić information content (AvgIpc) is 2.16. The molecule has 0 amide bonds. The predicted molar refractivity (Wildman–Crippen MR) is 65.9 cm³/mol. The van der Waals surface area contributed by atoms with Gasteiger partial charge in [0.15, 0.2) is 0 Å². The van der Waals surface area contributed by atoms with Crippen molar-refractivity contribution in [2.75, 3.05) is 6.54 Å². The minimum absolute atomic E-state index is 0.520. The van der Waals surface area contributed by atoms with Gasteiger partial charge in [0.2, 0.25) is 0 Å². The quantitative estimate of drug-likeness (QED) is 0.638. The van der Waals surface area contributed by atoms with E-state index in [0.717, 1.165) is 23.9 Å². The van der Waals surface area contributed by atoms with Crippen LogP contribution in [0.4, 0.5) is 0 Å². The summed E-state index contributed by atoms with van der Waals surface area (Å²) in [6.45, 7) is 13.4. The minimum Gasteiger partial charge on any atom is -0.298 e. The van der Waals surface area contributed by atoms with Gasteiger partial charge in [-0.1, -0.05) is 20.8 Å². The maximum absolute atomic E-state index is 2.75. The van der Waals surface area contributed by atoms with Crippen LogP contribution in [0.3, 0.4) is 0 Å². The van der Waals surface area contributed by atoms with Gasteiger partial charge in [0, 0.05) is 18.6 Å². The second-order valence-electron chi connectivity index (χ2n) is 6.99. The fraction of sp³-hybridized carbons (Fsp3) is 1.00. The van der Waals surface area contributed by atoms with Crippen molar-refractivity contribution in [2.24, 2.45) is 17.3 Å². The lowest BCUT2D eigenvalue weighted by Crippen LogP contribution is -2.56. The van der Waals surface area contributed by atoms with Gasteiger partial charge in [-0.05, 0) is 50.4 Å². The van der Waals surface area contributed by atoms with Gasteiger partial charge in [0.1, 0.15) is 0 Å². The summed E-state index contributed by atoms with van der Waals surface area (Å²) in [6, 6.07) is 1.64. The molecule has 2 aliphatic heterocycles. The van der Waals surface area contributed by atoms with Crippen LogP contribution in [0.2, 0.25) is 0 Å². The lowest BCUT2D eigenvalue weighted by atomic mass is 9.62. The van der Waals surface area contributed by atoms with E-state index in [1.807, 2.05) is 0 Å². The summed E-state index contributed by atoms with van der Waals surface area (Å²) in [5, 5.41) is 0. The largest absolute Gasteiger partial charge is 0.298 e. The van der Waals surface area contributed by atoms with E-state index in [2.05, 4.69) is 39.5 Å². The molecular formula is C14H27N. The summed E-state index contributed by atoms with van der Waals surface area (Å²) in [5.74, 6) is 1.93. The predicted octanol–water partition coefficient (Wildman–Crippen LogP) is 3.54. The summed E-state index contributed by atoms with van der Waals surface area (Å²) >= 11 is 0. The monoisotopic (exact) mass is 209 g/mol. The van der Waals surface area contributed by atoms with Gasteiger partial charge in [-0.25, -0.2) is 0 Å². The van der Waals surface area contributed by atoms with E-state index in [9.17, 15) is 0 Å². The number of hydrogen-bond donors (Lipinski definition) is 0. The smallest absolute Gasteiger partial charge is 0.0101 e. The molecule has 2 saturated heterocycles. The number of nitrogens with zero attached hydrogens (tertiary/aromatic N) is 1. The second-order valence-corrected chi connectivity index (χ2v) is 6.99. The molecule has 0 radical (unpaired) electrons. The Morgan fingerprint density at radius 3 is 2.20 bits per heavy atom. The Hall–Kier alpha value is -0.0400. The molecule has 1 saturated carbocycles. The molecule has 1 unspecified atom stereocenters. The molecule has 1 aliphatic carbocycles. The number of hydrogen-bond acceptors (Lipinski definition) is 1. The Morgan fingerprint density at radius 1 is 1.13 bits per heavy atom. The molecule has 0 aromatic heterocycles. The summed E-state index contributed by atoms with van der Waals surface area (Å²) < 4.78 is 0. The molecule has 1 heteroatoms. The Kier molecular flexibility index (Phi) is 2.87. The van der Waals surface area contributed by atoms with Crippen molar-refractivity contribution >= 4 is 0 Å². The van der Waals surface area contributed by atoms with E-state index in [1.54, 1.807) is 0 Å². The highest BCUT2D eigenvalue weighted by Gasteiger charge is 2.45. The normalized spacial score (nSPS) is 37.6. The van der Waals surface area contributed by atoms with E-state index in [0.29, 0.717) is 5.41 Å².